The van der Waals surface area contributed by atoms with E-state index in [1.807, 2.05) is 76.2 Å². The lowest BCUT2D eigenvalue weighted by atomic mass is 10.1. The van der Waals surface area contributed by atoms with Gasteiger partial charge in [-0.3, -0.25) is 0 Å². The smallest absolute Gasteiger partial charge is 0.323 e. The number of hydrogen-bond acceptors (Lipinski definition) is 5. The molecule has 0 radical (unpaired) electrons. The van der Waals surface area contributed by atoms with E-state index in [-0.39, 0.29) is 6.03 Å². The average Bonchev–Trinajstić information content (AvgIpc) is 2.84. The van der Waals surface area contributed by atoms with Gasteiger partial charge in [0.15, 0.2) is 0 Å². The Kier molecular flexibility index (Phi) is 6.82. The average molecular weight is 454 g/mol. The van der Waals surface area contributed by atoms with E-state index in [2.05, 4.69) is 25.6 Å². The third-order valence-corrected chi connectivity index (χ3v) is 5.56. The van der Waals surface area contributed by atoms with E-state index in [1.54, 1.807) is 18.5 Å². The van der Waals surface area contributed by atoms with Gasteiger partial charge in [-0.2, -0.15) is 0 Å². The molecule has 172 valence electrons. The first-order chi connectivity index (χ1) is 16.4. The third kappa shape index (κ3) is 5.20. The molecule has 0 unspecified atom stereocenters. The highest BCUT2D eigenvalue weighted by Crippen LogP contribution is 2.32. The van der Waals surface area contributed by atoms with Crippen LogP contribution in [0.25, 0.3) is 11.3 Å². The molecule has 0 bridgehead atoms. The number of anilines is 2. The number of hydrogen-bond donors (Lipinski definition) is 2. The lowest BCUT2D eigenvalue weighted by Crippen LogP contribution is -2.20. The number of carbonyl (C=O) groups is 1. The van der Waals surface area contributed by atoms with Crippen molar-refractivity contribution in [3.8, 4) is 22.9 Å². The summed E-state index contributed by atoms with van der Waals surface area (Å²) in [6.07, 6.45) is 4.17. The van der Waals surface area contributed by atoms with E-state index < -0.39 is 0 Å². The zero-order valence-corrected chi connectivity index (χ0v) is 19.7. The molecule has 0 saturated heterocycles. The normalized spacial score (nSPS) is 10.6. The minimum Gasteiger partial charge on any atom is -0.438 e. The van der Waals surface area contributed by atoms with Gasteiger partial charge in [0.1, 0.15) is 11.6 Å². The van der Waals surface area contributed by atoms with Crippen LogP contribution in [0.2, 0.25) is 0 Å². The summed E-state index contributed by atoms with van der Waals surface area (Å²) in [7, 11) is 0. The number of ether oxygens (including phenoxy) is 1. The second-order valence-electron chi connectivity index (χ2n) is 7.98. The summed E-state index contributed by atoms with van der Waals surface area (Å²) in [6.45, 7) is 7.94. The minimum absolute atomic E-state index is 0.302. The van der Waals surface area contributed by atoms with Crippen LogP contribution in [0.1, 0.15) is 29.4 Å². The highest BCUT2D eigenvalue weighted by Gasteiger charge is 2.13. The number of aromatic nitrogens is 3. The number of nitrogens with one attached hydrogen (secondary N) is 2. The number of urea groups is 1. The number of pyridine rings is 1. The number of benzene rings is 2. The lowest BCUT2D eigenvalue weighted by Gasteiger charge is -2.14. The molecular formula is C27H27N5O2. The van der Waals surface area contributed by atoms with E-state index >= 15 is 0 Å². The fourth-order valence-electron chi connectivity index (χ4n) is 3.50. The molecule has 0 saturated carbocycles. The van der Waals surface area contributed by atoms with Crippen LogP contribution in [-0.4, -0.2) is 21.0 Å². The SMILES string of the molecule is CCc1nccc(-c2cccnc2Oc2ccc(NC(=O)Nc3cccc(C)c3C)cc2C)n1. The molecule has 0 aliphatic rings. The van der Waals surface area contributed by atoms with E-state index in [0.717, 1.165) is 45.9 Å². The minimum atomic E-state index is -0.302. The predicted octanol–water partition coefficient (Wildman–Crippen LogP) is 6.46. The van der Waals surface area contributed by atoms with Gasteiger partial charge in [-0.05, 0) is 79.9 Å². The Hall–Kier alpha value is -4.26. The van der Waals surface area contributed by atoms with Crippen molar-refractivity contribution in [2.45, 2.75) is 34.1 Å². The Labute approximate surface area is 199 Å². The van der Waals surface area contributed by atoms with Gasteiger partial charge >= 0.3 is 6.03 Å². The Balaban J connectivity index is 1.50. The molecule has 34 heavy (non-hydrogen) atoms. The van der Waals surface area contributed by atoms with Gasteiger partial charge in [0.05, 0.1) is 11.3 Å². The van der Waals surface area contributed by atoms with Crippen LogP contribution >= 0.6 is 0 Å². The van der Waals surface area contributed by atoms with Crippen molar-refractivity contribution in [2.24, 2.45) is 0 Å². The highest BCUT2D eigenvalue weighted by molar-refractivity contribution is 6.00. The van der Waals surface area contributed by atoms with Crippen molar-refractivity contribution in [1.82, 2.24) is 15.0 Å². The van der Waals surface area contributed by atoms with Gasteiger partial charge < -0.3 is 15.4 Å². The maximum Gasteiger partial charge on any atom is 0.323 e. The molecule has 0 spiro atoms. The van der Waals surface area contributed by atoms with Crippen LogP contribution in [0.3, 0.4) is 0 Å². The molecule has 2 aromatic heterocycles. The largest absolute Gasteiger partial charge is 0.438 e. The maximum absolute atomic E-state index is 12.5. The highest BCUT2D eigenvalue weighted by atomic mass is 16.5. The van der Waals surface area contributed by atoms with Gasteiger partial charge in [-0.1, -0.05) is 19.1 Å². The second kappa shape index (κ2) is 10.1. The summed E-state index contributed by atoms with van der Waals surface area (Å²) in [5, 5.41) is 5.79. The molecule has 0 atom stereocenters. The summed E-state index contributed by atoms with van der Waals surface area (Å²) in [4.78, 5) is 25.8. The molecule has 2 aromatic carbocycles. The van der Waals surface area contributed by atoms with Crippen LogP contribution in [0.5, 0.6) is 11.6 Å². The summed E-state index contributed by atoms with van der Waals surface area (Å²) in [5.74, 6) is 1.86. The lowest BCUT2D eigenvalue weighted by molar-refractivity contribution is 0.262. The van der Waals surface area contributed by atoms with E-state index in [1.165, 1.54) is 0 Å². The fourth-order valence-corrected chi connectivity index (χ4v) is 3.50. The summed E-state index contributed by atoms with van der Waals surface area (Å²) >= 11 is 0. The van der Waals surface area contributed by atoms with Gasteiger partial charge in [0.2, 0.25) is 5.88 Å². The first-order valence-corrected chi connectivity index (χ1v) is 11.1. The van der Waals surface area contributed by atoms with Crippen LogP contribution in [0.4, 0.5) is 16.2 Å². The van der Waals surface area contributed by atoms with E-state index in [0.29, 0.717) is 17.3 Å². The first-order valence-electron chi connectivity index (χ1n) is 11.1. The molecule has 7 nitrogen and oxygen atoms in total. The van der Waals surface area contributed by atoms with Crippen LogP contribution < -0.4 is 15.4 Å². The molecule has 4 aromatic rings. The zero-order valence-electron chi connectivity index (χ0n) is 19.7. The van der Waals surface area contributed by atoms with Crippen molar-refractivity contribution in [3.63, 3.8) is 0 Å². The van der Waals surface area contributed by atoms with Gasteiger partial charge in [0.25, 0.3) is 0 Å². The molecule has 7 heteroatoms. The molecule has 0 aliphatic carbocycles. The van der Waals surface area contributed by atoms with Gasteiger partial charge in [-0.15, -0.1) is 0 Å². The number of rotatable bonds is 6. The first kappa shape index (κ1) is 22.9. The maximum atomic E-state index is 12.5. The summed E-state index contributed by atoms with van der Waals surface area (Å²) in [5.41, 5.74) is 6.02. The molecule has 2 heterocycles. The Morgan fingerprint density at radius 2 is 1.76 bits per heavy atom. The van der Waals surface area contributed by atoms with Gasteiger partial charge in [-0.25, -0.2) is 19.7 Å². The van der Waals surface area contributed by atoms with Crippen molar-refractivity contribution in [1.29, 1.82) is 0 Å². The summed E-state index contributed by atoms with van der Waals surface area (Å²) in [6, 6.07) is 16.6. The standard InChI is InChI=1S/C27H27N5O2/c1-5-25-28-15-13-23(31-25)21-9-7-14-29-26(21)34-24-12-11-20(16-18(24)3)30-27(33)32-22-10-6-8-17(2)19(22)4/h6-16H,5H2,1-4H3,(H2,30,32,33). The third-order valence-electron chi connectivity index (χ3n) is 5.56. The molecule has 4 rings (SSSR count). The van der Waals surface area contributed by atoms with Crippen LogP contribution in [0.15, 0.2) is 67.0 Å². The molecule has 0 fully saturated rings. The molecule has 2 amide bonds. The summed E-state index contributed by atoms with van der Waals surface area (Å²) < 4.78 is 6.15. The number of nitrogens with zero attached hydrogens (tertiary/aromatic N) is 3. The predicted molar refractivity (Wildman–Crippen MR) is 134 cm³/mol. The van der Waals surface area contributed by atoms with Crippen LogP contribution in [0, 0.1) is 20.8 Å². The Bertz CT molecular complexity index is 1340. The van der Waals surface area contributed by atoms with E-state index in [9.17, 15) is 4.79 Å². The van der Waals surface area contributed by atoms with E-state index in [4.69, 9.17) is 4.74 Å². The molecular weight excluding hydrogens is 426 g/mol. The number of amides is 2. The van der Waals surface area contributed by atoms with Crippen molar-refractivity contribution >= 4 is 17.4 Å². The quantitative estimate of drug-likeness (QED) is 0.350. The van der Waals surface area contributed by atoms with Crippen molar-refractivity contribution in [2.75, 3.05) is 10.6 Å². The van der Waals surface area contributed by atoms with Crippen molar-refractivity contribution in [3.05, 3.63) is 89.5 Å². The molecule has 2 N–H and O–H groups in total. The topological polar surface area (TPSA) is 89.0 Å². The second-order valence-corrected chi connectivity index (χ2v) is 7.98. The van der Waals surface area contributed by atoms with Gasteiger partial charge in [0, 0.05) is 30.2 Å². The monoisotopic (exact) mass is 453 g/mol. The molecule has 0 aliphatic heterocycles. The van der Waals surface area contributed by atoms with Crippen molar-refractivity contribution < 1.29 is 9.53 Å². The zero-order chi connectivity index (χ0) is 24.1. The van der Waals surface area contributed by atoms with Crippen LogP contribution in [-0.2, 0) is 6.42 Å². The Morgan fingerprint density at radius 1 is 0.912 bits per heavy atom. The fraction of sp³-hybridized carbons (Fsp3) is 0.185. The number of aryl methyl sites for hydroxylation is 3. The Morgan fingerprint density at radius 3 is 2.56 bits per heavy atom. The number of carbonyl (C=O) groups excluding carboxylic acids is 1.